The minimum atomic E-state index is -0.461. The zero-order valence-corrected chi connectivity index (χ0v) is 9.80. The lowest BCUT2D eigenvalue weighted by molar-refractivity contribution is -0.388. The SMILES string of the molecule is Cn1cnc([N+](=O)[O-])c1NC1CCC(N)CC1. The second-order valence-corrected chi connectivity index (χ2v) is 4.54. The van der Waals surface area contributed by atoms with Gasteiger partial charge in [0.25, 0.3) is 0 Å². The van der Waals surface area contributed by atoms with Crippen molar-refractivity contribution in [1.29, 1.82) is 0 Å². The second-order valence-electron chi connectivity index (χ2n) is 4.54. The molecule has 0 spiro atoms. The van der Waals surface area contributed by atoms with Crippen LogP contribution in [0.25, 0.3) is 0 Å². The summed E-state index contributed by atoms with van der Waals surface area (Å²) in [6.45, 7) is 0. The van der Waals surface area contributed by atoms with Crippen LogP contribution in [0.4, 0.5) is 11.6 Å². The zero-order chi connectivity index (χ0) is 12.4. The summed E-state index contributed by atoms with van der Waals surface area (Å²) >= 11 is 0. The first-order valence-corrected chi connectivity index (χ1v) is 5.75. The van der Waals surface area contributed by atoms with Gasteiger partial charge < -0.3 is 21.2 Å². The van der Waals surface area contributed by atoms with Crippen molar-refractivity contribution in [1.82, 2.24) is 9.55 Å². The molecule has 0 bridgehead atoms. The number of hydrogen-bond donors (Lipinski definition) is 2. The van der Waals surface area contributed by atoms with Crippen LogP contribution in [0.2, 0.25) is 0 Å². The summed E-state index contributed by atoms with van der Waals surface area (Å²) in [7, 11) is 1.75. The van der Waals surface area contributed by atoms with Gasteiger partial charge in [0.15, 0.2) is 0 Å². The number of nitrogens with one attached hydrogen (secondary N) is 1. The van der Waals surface area contributed by atoms with Crippen molar-refractivity contribution in [2.24, 2.45) is 12.8 Å². The lowest BCUT2D eigenvalue weighted by atomic mass is 9.92. The van der Waals surface area contributed by atoms with Crippen molar-refractivity contribution in [2.75, 3.05) is 5.32 Å². The molecule has 1 fully saturated rings. The van der Waals surface area contributed by atoms with E-state index >= 15 is 0 Å². The fraction of sp³-hybridized carbons (Fsp3) is 0.700. The first-order valence-electron chi connectivity index (χ1n) is 5.75. The van der Waals surface area contributed by atoms with Gasteiger partial charge in [0.2, 0.25) is 12.1 Å². The van der Waals surface area contributed by atoms with Crippen molar-refractivity contribution in [3.8, 4) is 0 Å². The van der Waals surface area contributed by atoms with E-state index in [1.807, 2.05) is 0 Å². The molecule has 0 aliphatic heterocycles. The topological polar surface area (TPSA) is 99.0 Å². The number of nitro groups is 1. The fourth-order valence-corrected chi connectivity index (χ4v) is 2.17. The summed E-state index contributed by atoms with van der Waals surface area (Å²) in [5.74, 6) is 0.373. The third-order valence-electron chi connectivity index (χ3n) is 3.20. The molecule has 1 aromatic rings. The van der Waals surface area contributed by atoms with E-state index in [1.54, 1.807) is 11.6 Å². The molecular formula is C10H17N5O2. The largest absolute Gasteiger partial charge is 0.406 e. The molecule has 1 aliphatic carbocycles. The first kappa shape index (κ1) is 11.8. The molecule has 1 heterocycles. The summed E-state index contributed by atoms with van der Waals surface area (Å²) in [6.07, 6.45) is 5.27. The maximum atomic E-state index is 10.8. The number of aromatic nitrogens is 2. The molecule has 1 aliphatic rings. The number of nitrogens with zero attached hydrogens (tertiary/aromatic N) is 3. The van der Waals surface area contributed by atoms with Crippen LogP contribution in [0.5, 0.6) is 0 Å². The highest BCUT2D eigenvalue weighted by Crippen LogP contribution is 2.26. The predicted molar refractivity (Wildman–Crippen MR) is 63.7 cm³/mol. The van der Waals surface area contributed by atoms with E-state index in [2.05, 4.69) is 10.3 Å². The van der Waals surface area contributed by atoms with Crippen LogP contribution in [-0.4, -0.2) is 26.6 Å². The Kier molecular flexibility index (Phi) is 3.28. The van der Waals surface area contributed by atoms with E-state index in [9.17, 15) is 10.1 Å². The standard InChI is InChI=1S/C10H17N5O2/c1-14-6-12-9(15(16)17)10(14)13-8-4-2-7(11)3-5-8/h6-8,13H,2-5,11H2,1H3. The third-order valence-corrected chi connectivity index (χ3v) is 3.20. The molecule has 2 rings (SSSR count). The van der Waals surface area contributed by atoms with Gasteiger partial charge in [0.05, 0.1) is 0 Å². The molecule has 1 aromatic heterocycles. The van der Waals surface area contributed by atoms with Crippen LogP contribution in [0.1, 0.15) is 25.7 Å². The van der Waals surface area contributed by atoms with Gasteiger partial charge in [-0.3, -0.25) is 4.57 Å². The maximum absolute atomic E-state index is 10.8. The number of anilines is 1. The van der Waals surface area contributed by atoms with Crippen LogP contribution in [0.15, 0.2) is 6.33 Å². The monoisotopic (exact) mass is 239 g/mol. The summed E-state index contributed by atoms with van der Waals surface area (Å²) in [5.41, 5.74) is 5.82. The molecule has 0 amide bonds. The van der Waals surface area contributed by atoms with E-state index in [0.29, 0.717) is 5.82 Å². The van der Waals surface area contributed by atoms with E-state index in [0.717, 1.165) is 25.7 Å². The predicted octanol–water partition coefficient (Wildman–Crippen LogP) is 1.01. The maximum Gasteiger partial charge on any atom is 0.406 e. The van der Waals surface area contributed by atoms with Crippen molar-refractivity contribution in [3.05, 3.63) is 16.4 Å². The molecule has 0 atom stereocenters. The molecule has 0 unspecified atom stereocenters. The molecule has 94 valence electrons. The Morgan fingerprint density at radius 1 is 1.53 bits per heavy atom. The van der Waals surface area contributed by atoms with Gasteiger partial charge in [0, 0.05) is 19.1 Å². The molecule has 7 heteroatoms. The van der Waals surface area contributed by atoms with Gasteiger partial charge in [0.1, 0.15) is 0 Å². The molecule has 0 aromatic carbocycles. The van der Waals surface area contributed by atoms with Gasteiger partial charge in [-0.1, -0.05) is 0 Å². The van der Waals surface area contributed by atoms with Gasteiger partial charge in [-0.15, -0.1) is 0 Å². The van der Waals surface area contributed by atoms with Gasteiger partial charge in [-0.05, 0) is 35.6 Å². The highest BCUT2D eigenvalue weighted by molar-refractivity contribution is 5.52. The Balaban J connectivity index is 2.08. The normalized spacial score (nSPS) is 24.6. The molecule has 1 saturated carbocycles. The van der Waals surface area contributed by atoms with Gasteiger partial charge in [-0.2, -0.15) is 0 Å². The third kappa shape index (κ3) is 2.55. The molecular weight excluding hydrogens is 222 g/mol. The van der Waals surface area contributed by atoms with E-state index in [1.165, 1.54) is 6.33 Å². The number of rotatable bonds is 3. The van der Waals surface area contributed by atoms with Crippen molar-refractivity contribution < 1.29 is 4.92 Å². The molecule has 0 radical (unpaired) electrons. The highest BCUT2D eigenvalue weighted by Gasteiger charge is 2.25. The molecule has 17 heavy (non-hydrogen) atoms. The zero-order valence-electron chi connectivity index (χ0n) is 9.80. The Bertz CT molecular complexity index is 409. The first-order chi connectivity index (χ1) is 8.08. The van der Waals surface area contributed by atoms with Crippen molar-refractivity contribution >= 4 is 11.6 Å². The number of hydrogen-bond acceptors (Lipinski definition) is 5. The second kappa shape index (κ2) is 4.70. The lowest BCUT2D eigenvalue weighted by Crippen LogP contribution is -2.33. The van der Waals surface area contributed by atoms with Crippen LogP contribution in [0, 0.1) is 10.1 Å². The average molecular weight is 239 g/mol. The number of nitrogens with two attached hydrogens (primary N) is 1. The van der Waals surface area contributed by atoms with E-state index < -0.39 is 4.92 Å². The van der Waals surface area contributed by atoms with Crippen molar-refractivity contribution in [2.45, 2.75) is 37.8 Å². The minimum absolute atomic E-state index is 0.109. The van der Waals surface area contributed by atoms with Crippen LogP contribution >= 0.6 is 0 Å². The van der Waals surface area contributed by atoms with Crippen LogP contribution in [0.3, 0.4) is 0 Å². The Labute approximate surface area is 99.2 Å². The van der Waals surface area contributed by atoms with Gasteiger partial charge >= 0.3 is 5.82 Å². The summed E-state index contributed by atoms with van der Waals surface area (Å²) < 4.78 is 1.65. The fourth-order valence-electron chi connectivity index (χ4n) is 2.17. The van der Waals surface area contributed by atoms with Crippen molar-refractivity contribution in [3.63, 3.8) is 0 Å². The lowest BCUT2D eigenvalue weighted by Gasteiger charge is -2.27. The average Bonchev–Trinajstić information content (AvgIpc) is 2.64. The number of imidazole rings is 1. The molecule has 3 N–H and O–H groups in total. The summed E-state index contributed by atoms with van der Waals surface area (Å²) in [5, 5.41) is 14.0. The summed E-state index contributed by atoms with van der Waals surface area (Å²) in [6, 6.07) is 0.526. The summed E-state index contributed by atoms with van der Waals surface area (Å²) in [4.78, 5) is 14.1. The van der Waals surface area contributed by atoms with E-state index in [-0.39, 0.29) is 17.9 Å². The minimum Gasteiger partial charge on any atom is -0.362 e. The Morgan fingerprint density at radius 3 is 2.76 bits per heavy atom. The quantitative estimate of drug-likeness (QED) is 0.605. The molecule has 7 nitrogen and oxygen atoms in total. The van der Waals surface area contributed by atoms with Crippen LogP contribution in [-0.2, 0) is 7.05 Å². The Hall–Kier alpha value is -1.63. The van der Waals surface area contributed by atoms with Crippen LogP contribution < -0.4 is 11.1 Å². The number of aryl methyl sites for hydroxylation is 1. The molecule has 0 saturated heterocycles. The smallest absolute Gasteiger partial charge is 0.362 e. The highest BCUT2D eigenvalue weighted by atomic mass is 16.6. The van der Waals surface area contributed by atoms with Gasteiger partial charge in [-0.25, -0.2) is 0 Å². The van der Waals surface area contributed by atoms with E-state index in [4.69, 9.17) is 5.73 Å². The Morgan fingerprint density at radius 2 is 2.18 bits per heavy atom.